The number of carbonyl (C=O) groups is 1. The Kier molecular flexibility index (Phi) is 8.49. The SMILES string of the molecule is CC(C)(C)OC(=O)N1CCCC1COP(=O)(OCc1ccccc1)OCc1ccccc1. The van der Waals surface area contributed by atoms with Crippen LogP contribution in [0.15, 0.2) is 60.7 Å². The molecule has 1 fully saturated rings. The summed E-state index contributed by atoms with van der Waals surface area (Å²) in [4.78, 5) is 14.2. The molecule has 1 unspecified atom stereocenters. The monoisotopic (exact) mass is 461 g/mol. The molecule has 1 aliphatic heterocycles. The van der Waals surface area contributed by atoms with Crippen LogP contribution < -0.4 is 0 Å². The van der Waals surface area contributed by atoms with Gasteiger partial charge in [-0.3, -0.25) is 13.6 Å². The molecule has 1 saturated heterocycles. The maximum absolute atomic E-state index is 13.4. The number of ether oxygens (including phenoxy) is 1. The van der Waals surface area contributed by atoms with Gasteiger partial charge < -0.3 is 9.64 Å². The van der Waals surface area contributed by atoms with Crippen molar-refractivity contribution in [2.45, 2.75) is 58.5 Å². The second-order valence-corrected chi connectivity index (χ2v) is 10.4. The number of amides is 1. The van der Waals surface area contributed by atoms with Gasteiger partial charge in [0.05, 0.1) is 25.9 Å². The highest BCUT2D eigenvalue weighted by molar-refractivity contribution is 7.48. The normalized spacial score (nSPS) is 16.8. The molecule has 0 radical (unpaired) electrons. The lowest BCUT2D eigenvalue weighted by atomic mass is 10.2. The van der Waals surface area contributed by atoms with Gasteiger partial charge in [0.25, 0.3) is 0 Å². The molecular formula is C24H32NO6P. The van der Waals surface area contributed by atoms with Gasteiger partial charge >= 0.3 is 13.9 Å². The number of phosphoric ester groups is 1. The summed E-state index contributed by atoms with van der Waals surface area (Å²) in [5.41, 5.74) is 1.13. The number of nitrogens with zero attached hydrogens (tertiary/aromatic N) is 1. The van der Waals surface area contributed by atoms with Crippen molar-refractivity contribution in [1.29, 1.82) is 0 Å². The molecule has 0 aromatic heterocycles. The van der Waals surface area contributed by atoms with Crippen LogP contribution >= 0.6 is 7.82 Å². The van der Waals surface area contributed by atoms with Crippen molar-refractivity contribution < 1.29 is 27.7 Å². The zero-order chi connectivity index (χ0) is 23.0. The van der Waals surface area contributed by atoms with Gasteiger partial charge in [0.1, 0.15) is 5.60 Å². The summed E-state index contributed by atoms with van der Waals surface area (Å²) in [7, 11) is -3.88. The Labute approximate surface area is 190 Å². The van der Waals surface area contributed by atoms with Crippen molar-refractivity contribution in [3.8, 4) is 0 Å². The lowest BCUT2D eigenvalue weighted by Crippen LogP contribution is -2.41. The molecule has 1 heterocycles. The van der Waals surface area contributed by atoms with Gasteiger partial charge in [0, 0.05) is 6.54 Å². The van der Waals surface area contributed by atoms with Gasteiger partial charge in [-0.15, -0.1) is 0 Å². The lowest BCUT2D eigenvalue weighted by molar-refractivity contribution is 0.0150. The molecule has 32 heavy (non-hydrogen) atoms. The first kappa shape index (κ1) is 24.5. The molecular weight excluding hydrogens is 429 g/mol. The Morgan fingerprint density at radius 2 is 1.47 bits per heavy atom. The predicted octanol–water partition coefficient (Wildman–Crippen LogP) is 5.94. The van der Waals surface area contributed by atoms with E-state index in [-0.39, 0.29) is 25.9 Å². The smallest absolute Gasteiger partial charge is 0.444 e. The maximum atomic E-state index is 13.4. The molecule has 1 aliphatic rings. The van der Waals surface area contributed by atoms with E-state index in [1.54, 1.807) is 4.90 Å². The van der Waals surface area contributed by atoms with Crippen LogP contribution in [0, 0.1) is 0 Å². The molecule has 0 N–H and O–H groups in total. The van der Waals surface area contributed by atoms with E-state index < -0.39 is 19.5 Å². The Morgan fingerprint density at radius 1 is 0.938 bits per heavy atom. The van der Waals surface area contributed by atoms with Crippen LogP contribution in [0.4, 0.5) is 4.79 Å². The molecule has 8 heteroatoms. The average Bonchev–Trinajstić information content (AvgIpc) is 3.25. The molecule has 0 aliphatic carbocycles. The van der Waals surface area contributed by atoms with Crippen molar-refractivity contribution in [1.82, 2.24) is 4.90 Å². The number of hydrogen-bond donors (Lipinski definition) is 0. The lowest BCUT2D eigenvalue weighted by Gasteiger charge is -2.29. The Hall–Kier alpha value is -2.18. The van der Waals surface area contributed by atoms with Crippen LogP contribution in [0.25, 0.3) is 0 Å². The fourth-order valence-electron chi connectivity index (χ4n) is 3.31. The molecule has 1 atom stereocenters. The first-order valence-electron chi connectivity index (χ1n) is 10.9. The minimum Gasteiger partial charge on any atom is -0.444 e. The highest BCUT2D eigenvalue weighted by Gasteiger charge is 2.35. The van der Waals surface area contributed by atoms with E-state index in [2.05, 4.69) is 0 Å². The average molecular weight is 461 g/mol. The fourth-order valence-corrected chi connectivity index (χ4v) is 4.51. The van der Waals surface area contributed by atoms with Crippen molar-refractivity contribution in [2.75, 3.05) is 13.2 Å². The van der Waals surface area contributed by atoms with Crippen LogP contribution in [0.1, 0.15) is 44.7 Å². The highest BCUT2D eigenvalue weighted by Crippen LogP contribution is 2.51. The first-order valence-corrected chi connectivity index (χ1v) is 12.3. The summed E-state index contributed by atoms with van der Waals surface area (Å²) in [6, 6.07) is 18.6. The van der Waals surface area contributed by atoms with E-state index >= 15 is 0 Å². The number of hydrogen-bond acceptors (Lipinski definition) is 6. The third-order valence-corrected chi connectivity index (χ3v) is 6.25. The molecule has 1 amide bonds. The predicted molar refractivity (Wildman–Crippen MR) is 122 cm³/mol. The third kappa shape index (κ3) is 7.75. The molecule has 0 saturated carbocycles. The number of rotatable bonds is 9. The maximum Gasteiger partial charge on any atom is 0.475 e. The quantitative estimate of drug-likeness (QED) is 0.430. The number of likely N-dealkylation sites (tertiary alicyclic amines) is 1. The van der Waals surface area contributed by atoms with Crippen molar-refractivity contribution in [3.05, 3.63) is 71.8 Å². The summed E-state index contributed by atoms with van der Waals surface area (Å²) < 4.78 is 35.9. The van der Waals surface area contributed by atoms with Gasteiger partial charge in [-0.05, 0) is 44.7 Å². The Bertz CT molecular complexity index is 852. The minimum atomic E-state index is -3.88. The Balaban J connectivity index is 1.64. The minimum absolute atomic E-state index is 0.0418. The van der Waals surface area contributed by atoms with Crippen molar-refractivity contribution in [2.24, 2.45) is 0 Å². The molecule has 174 valence electrons. The topological polar surface area (TPSA) is 74.3 Å². The third-order valence-electron chi connectivity index (χ3n) is 4.89. The van der Waals surface area contributed by atoms with Gasteiger partial charge in [0.15, 0.2) is 0 Å². The van der Waals surface area contributed by atoms with Gasteiger partial charge in [-0.1, -0.05) is 60.7 Å². The van der Waals surface area contributed by atoms with E-state index in [1.807, 2.05) is 81.4 Å². The standard InChI is InChI=1S/C24H32NO6P/c1-24(2,3)31-23(26)25-16-10-15-22(25)19-30-32(27,28-17-20-11-6-4-7-12-20)29-18-21-13-8-5-9-14-21/h4-9,11-14,22H,10,15-19H2,1-3H3. The second-order valence-electron chi connectivity index (χ2n) is 8.73. The molecule has 0 spiro atoms. The number of benzene rings is 2. The van der Waals surface area contributed by atoms with Gasteiger partial charge in [0.2, 0.25) is 0 Å². The molecule has 0 bridgehead atoms. The van der Waals surface area contributed by atoms with Gasteiger partial charge in [-0.25, -0.2) is 9.36 Å². The summed E-state index contributed by atoms with van der Waals surface area (Å²) in [6.07, 6.45) is 1.16. The number of carbonyl (C=O) groups excluding carboxylic acids is 1. The summed E-state index contributed by atoms with van der Waals surface area (Å²) in [5, 5.41) is 0. The second kappa shape index (κ2) is 11.1. The summed E-state index contributed by atoms with van der Waals surface area (Å²) >= 11 is 0. The van der Waals surface area contributed by atoms with Crippen LogP contribution in [0.3, 0.4) is 0 Å². The Morgan fingerprint density at radius 3 is 1.97 bits per heavy atom. The highest BCUT2D eigenvalue weighted by atomic mass is 31.2. The van der Waals surface area contributed by atoms with Crippen molar-refractivity contribution in [3.63, 3.8) is 0 Å². The summed E-state index contributed by atoms with van der Waals surface area (Å²) in [5.74, 6) is 0. The van der Waals surface area contributed by atoms with E-state index in [9.17, 15) is 9.36 Å². The van der Waals surface area contributed by atoms with E-state index in [0.29, 0.717) is 6.54 Å². The zero-order valence-corrected chi connectivity index (χ0v) is 19.8. The number of phosphoric acid groups is 1. The van der Waals surface area contributed by atoms with Gasteiger partial charge in [-0.2, -0.15) is 0 Å². The van der Waals surface area contributed by atoms with E-state index in [1.165, 1.54) is 0 Å². The van der Waals surface area contributed by atoms with E-state index in [0.717, 1.165) is 24.0 Å². The van der Waals surface area contributed by atoms with Crippen LogP contribution in [-0.2, 0) is 36.1 Å². The molecule has 3 rings (SSSR count). The molecule has 2 aromatic carbocycles. The van der Waals surface area contributed by atoms with Crippen LogP contribution in [-0.4, -0.2) is 35.8 Å². The molecule has 2 aromatic rings. The molecule has 7 nitrogen and oxygen atoms in total. The largest absolute Gasteiger partial charge is 0.475 e. The van der Waals surface area contributed by atoms with Crippen LogP contribution in [0.2, 0.25) is 0 Å². The summed E-state index contributed by atoms with van der Waals surface area (Å²) in [6.45, 7) is 6.28. The van der Waals surface area contributed by atoms with Crippen molar-refractivity contribution >= 4 is 13.9 Å². The fraction of sp³-hybridized carbons (Fsp3) is 0.458. The van der Waals surface area contributed by atoms with E-state index in [4.69, 9.17) is 18.3 Å². The van der Waals surface area contributed by atoms with Crippen LogP contribution in [0.5, 0.6) is 0 Å². The first-order chi connectivity index (χ1) is 15.2. The zero-order valence-electron chi connectivity index (χ0n) is 18.9.